The first-order valence-corrected chi connectivity index (χ1v) is 18.2. The standard InChI is InChI=1S/C16H25N.C16H22O.C14H22/c1-15(2,3)13-8-7-12-9-10-17(14(12)11-13)16(4,5)6;1-15(2,3)12-7-8-13-11(9-12)10-14(17-13)16(4,5)6;1-13(2,3)11-7-9-12(10-8-11)14(4,5)6/h7-8,11H,9-10H2,1-6H3;7-10H,1-6H3;7-10H,1-6H3. The Bertz CT molecular complexity index is 1590. The first-order chi connectivity index (χ1) is 21.6. The van der Waals surface area contributed by atoms with Gasteiger partial charge in [-0.15, -0.1) is 0 Å². The molecule has 0 spiro atoms. The number of anilines is 1. The number of fused-ring (bicyclic) bond motifs is 2. The van der Waals surface area contributed by atoms with Crippen molar-refractivity contribution in [3.8, 4) is 0 Å². The second kappa shape index (κ2) is 13.7. The highest BCUT2D eigenvalue weighted by Gasteiger charge is 2.29. The molecule has 0 radical (unpaired) electrons. The highest BCUT2D eigenvalue weighted by atomic mass is 16.3. The molecule has 0 aliphatic carbocycles. The van der Waals surface area contributed by atoms with Crippen LogP contribution in [0, 0.1) is 0 Å². The van der Waals surface area contributed by atoms with Crippen molar-refractivity contribution in [2.45, 2.75) is 164 Å². The van der Waals surface area contributed by atoms with Gasteiger partial charge in [-0.3, -0.25) is 0 Å². The second-order valence-corrected chi connectivity index (χ2v) is 20.1. The Balaban J connectivity index is 0.000000197. The maximum Gasteiger partial charge on any atom is 0.134 e. The molecule has 0 saturated heterocycles. The summed E-state index contributed by atoms with van der Waals surface area (Å²) < 4.78 is 5.90. The van der Waals surface area contributed by atoms with E-state index in [1.165, 1.54) is 45.3 Å². The summed E-state index contributed by atoms with van der Waals surface area (Å²) in [6, 6.07) is 24.7. The molecule has 0 amide bonds. The molecule has 2 nitrogen and oxygen atoms in total. The minimum Gasteiger partial charge on any atom is -0.461 e. The molecule has 0 saturated carbocycles. The molecule has 1 aromatic heterocycles. The highest BCUT2D eigenvalue weighted by molar-refractivity contribution is 5.79. The molecule has 4 aromatic rings. The fraction of sp³-hybridized carbons (Fsp3) is 0.565. The SMILES string of the molecule is CC(C)(C)c1ccc(C(C)(C)C)cc1.CC(C)(C)c1ccc2c(c1)N(C(C)(C)C)CC2.CC(C)(C)c1ccc2oc(C(C)(C)C)cc2c1. The van der Waals surface area contributed by atoms with E-state index in [4.69, 9.17) is 4.42 Å². The number of hydrogen-bond acceptors (Lipinski definition) is 2. The lowest BCUT2D eigenvalue weighted by Gasteiger charge is -2.35. The molecular formula is C46H69NO. The van der Waals surface area contributed by atoms with Crippen LogP contribution in [0.2, 0.25) is 0 Å². The van der Waals surface area contributed by atoms with E-state index in [1.54, 1.807) is 0 Å². The molecule has 0 bridgehead atoms. The summed E-state index contributed by atoms with van der Waals surface area (Å²) in [6.45, 7) is 41.6. The quantitative estimate of drug-likeness (QED) is 0.188. The van der Waals surface area contributed by atoms with Crippen LogP contribution >= 0.6 is 0 Å². The zero-order valence-electron chi connectivity index (χ0n) is 34.1. The average Bonchev–Trinajstić information content (AvgIpc) is 3.56. The third-order valence-corrected chi connectivity index (χ3v) is 9.40. The Hall–Kier alpha value is -3.00. The van der Waals surface area contributed by atoms with Crippen LogP contribution in [-0.2, 0) is 33.5 Å². The van der Waals surface area contributed by atoms with Gasteiger partial charge in [0, 0.05) is 28.6 Å². The van der Waals surface area contributed by atoms with Crippen molar-refractivity contribution in [2.75, 3.05) is 11.4 Å². The zero-order valence-corrected chi connectivity index (χ0v) is 34.1. The Kier molecular flexibility index (Phi) is 11.3. The van der Waals surface area contributed by atoms with E-state index in [-0.39, 0.29) is 32.6 Å². The van der Waals surface area contributed by atoms with Gasteiger partial charge in [-0.1, -0.05) is 146 Å². The van der Waals surface area contributed by atoms with Crippen LogP contribution in [-0.4, -0.2) is 12.1 Å². The molecule has 0 unspecified atom stereocenters. The van der Waals surface area contributed by atoms with Gasteiger partial charge < -0.3 is 9.32 Å². The van der Waals surface area contributed by atoms with Crippen molar-refractivity contribution in [1.82, 2.24) is 0 Å². The summed E-state index contributed by atoms with van der Waals surface area (Å²) in [5.74, 6) is 1.05. The van der Waals surface area contributed by atoms with Gasteiger partial charge in [-0.05, 0) is 101 Å². The summed E-state index contributed by atoms with van der Waals surface area (Å²) in [5, 5.41) is 1.21. The number of benzene rings is 3. The highest BCUT2D eigenvalue weighted by Crippen LogP contribution is 2.37. The number of hydrogen-bond donors (Lipinski definition) is 0. The zero-order chi connectivity index (χ0) is 36.7. The molecule has 0 atom stereocenters. The molecule has 2 heteroatoms. The van der Waals surface area contributed by atoms with Crippen LogP contribution in [0.15, 0.2) is 71.1 Å². The van der Waals surface area contributed by atoms with Crippen molar-refractivity contribution in [3.63, 3.8) is 0 Å². The fourth-order valence-corrected chi connectivity index (χ4v) is 5.89. The van der Waals surface area contributed by atoms with Crippen LogP contribution in [0.1, 0.15) is 158 Å². The summed E-state index contributed by atoms with van der Waals surface area (Å²) >= 11 is 0. The summed E-state index contributed by atoms with van der Waals surface area (Å²) in [4.78, 5) is 2.54. The number of nitrogens with zero attached hydrogens (tertiary/aromatic N) is 1. The smallest absolute Gasteiger partial charge is 0.134 e. The summed E-state index contributed by atoms with van der Waals surface area (Å²) in [6.07, 6.45) is 1.19. The summed E-state index contributed by atoms with van der Waals surface area (Å²) in [7, 11) is 0. The largest absolute Gasteiger partial charge is 0.461 e. The third-order valence-electron chi connectivity index (χ3n) is 9.40. The monoisotopic (exact) mass is 652 g/mol. The molecule has 0 N–H and O–H groups in total. The van der Waals surface area contributed by atoms with Gasteiger partial charge in [-0.2, -0.15) is 0 Å². The van der Waals surface area contributed by atoms with Gasteiger partial charge in [0.05, 0.1) is 0 Å². The maximum absolute atomic E-state index is 5.90. The van der Waals surface area contributed by atoms with E-state index in [9.17, 15) is 0 Å². The number of rotatable bonds is 0. The Morgan fingerprint density at radius 3 is 1.29 bits per heavy atom. The van der Waals surface area contributed by atoms with Gasteiger partial charge >= 0.3 is 0 Å². The Labute approximate surface area is 295 Å². The molecule has 3 aromatic carbocycles. The topological polar surface area (TPSA) is 16.4 Å². The van der Waals surface area contributed by atoms with E-state index in [0.717, 1.165) is 17.9 Å². The van der Waals surface area contributed by atoms with E-state index >= 15 is 0 Å². The lowest BCUT2D eigenvalue weighted by atomic mass is 9.82. The van der Waals surface area contributed by atoms with Gasteiger partial charge in [-0.25, -0.2) is 0 Å². The van der Waals surface area contributed by atoms with Crippen molar-refractivity contribution in [2.24, 2.45) is 0 Å². The first kappa shape index (κ1) is 39.4. The van der Waals surface area contributed by atoms with E-state index < -0.39 is 0 Å². The van der Waals surface area contributed by atoms with Gasteiger partial charge in [0.2, 0.25) is 0 Å². The minimum absolute atomic E-state index is 0.0704. The normalized spacial score (nSPS) is 14.2. The Morgan fingerprint density at radius 2 is 0.875 bits per heavy atom. The third kappa shape index (κ3) is 10.3. The van der Waals surface area contributed by atoms with Crippen LogP contribution in [0.5, 0.6) is 0 Å². The first-order valence-electron chi connectivity index (χ1n) is 18.2. The maximum atomic E-state index is 5.90. The van der Waals surface area contributed by atoms with Gasteiger partial charge in [0.1, 0.15) is 11.3 Å². The van der Waals surface area contributed by atoms with Crippen molar-refractivity contribution in [1.29, 1.82) is 0 Å². The lowest BCUT2D eigenvalue weighted by Crippen LogP contribution is -2.40. The van der Waals surface area contributed by atoms with E-state index in [2.05, 4.69) is 196 Å². The van der Waals surface area contributed by atoms with E-state index in [0.29, 0.717) is 0 Å². The molecule has 48 heavy (non-hydrogen) atoms. The van der Waals surface area contributed by atoms with Crippen LogP contribution in [0.3, 0.4) is 0 Å². The lowest BCUT2D eigenvalue weighted by molar-refractivity contribution is 0.430. The fourth-order valence-electron chi connectivity index (χ4n) is 5.89. The van der Waals surface area contributed by atoms with Crippen molar-refractivity contribution < 1.29 is 4.42 Å². The van der Waals surface area contributed by atoms with Crippen LogP contribution in [0.25, 0.3) is 11.0 Å². The van der Waals surface area contributed by atoms with Crippen LogP contribution < -0.4 is 4.90 Å². The predicted molar refractivity (Wildman–Crippen MR) is 213 cm³/mol. The molecular weight excluding hydrogens is 583 g/mol. The molecule has 0 fully saturated rings. The molecule has 1 aliphatic rings. The second-order valence-electron chi connectivity index (χ2n) is 20.1. The van der Waals surface area contributed by atoms with Crippen LogP contribution in [0.4, 0.5) is 5.69 Å². The van der Waals surface area contributed by atoms with Crippen molar-refractivity contribution in [3.05, 3.63) is 100 Å². The predicted octanol–water partition coefficient (Wildman–Crippen LogP) is 13.5. The molecule has 5 rings (SSSR count). The van der Waals surface area contributed by atoms with Gasteiger partial charge in [0.25, 0.3) is 0 Å². The van der Waals surface area contributed by atoms with E-state index in [1.807, 2.05) is 0 Å². The number of furan rings is 1. The molecule has 264 valence electrons. The van der Waals surface area contributed by atoms with Gasteiger partial charge in [0.15, 0.2) is 0 Å². The molecule has 2 heterocycles. The van der Waals surface area contributed by atoms with Crippen molar-refractivity contribution >= 4 is 16.7 Å². The average molecular weight is 652 g/mol. The minimum atomic E-state index is 0.0704. The summed E-state index contributed by atoms with van der Waals surface area (Å²) in [5.41, 5.74) is 10.8. The molecule has 1 aliphatic heterocycles. The Morgan fingerprint density at radius 1 is 0.458 bits per heavy atom.